The van der Waals surface area contributed by atoms with Crippen molar-refractivity contribution in [1.29, 1.82) is 5.26 Å². The fourth-order valence-corrected chi connectivity index (χ4v) is 2.30. The Balaban J connectivity index is 2.31. The summed E-state index contributed by atoms with van der Waals surface area (Å²) >= 11 is 5.31. The molecule has 0 aliphatic heterocycles. The monoisotopic (exact) mass is 261 g/mol. The Labute approximate surface area is 111 Å². The van der Waals surface area contributed by atoms with Gasteiger partial charge in [-0.25, -0.2) is 0 Å². The highest BCUT2D eigenvalue weighted by Crippen LogP contribution is 2.18. The van der Waals surface area contributed by atoms with Gasteiger partial charge < -0.3 is 14.3 Å². The number of ether oxygens (including phenoxy) is 1. The van der Waals surface area contributed by atoms with Gasteiger partial charge in [-0.15, -0.1) is 0 Å². The molecule has 0 aliphatic rings. The highest BCUT2D eigenvalue weighted by Gasteiger charge is 2.07. The van der Waals surface area contributed by atoms with Crippen LogP contribution in [0.25, 0.3) is 11.0 Å². The fraction of sp³-hybridized carbons (Fsp3) is 0.385. The van der Waals surface area contributed by atoms with Gasteiger partial charge in [0.2, 0.25) is 0 Å². The molecule has 5 heteroatoms. The van der Waals surface area contributed by atoms with E-state index in [-0.39, 0.29) is 0 Å². The van der Waals surface area contributed by atoms with E-state index in [2.05, 4.69) is 11.1 Å². The second kappa shape index (κ2) is 5.80. The number of aromatic nitrogens is 2. The zero-order chi connectivity index (χ0) is 13.0. The Bertz CT molecular complexity index is 636. The lowest BCUT2D eigenvalue weighted by atomic mass is 10.2. The summed E-state index contributed by atoms with van der Waals surface area (Å²) < 4.78 is 7.74. The molecule has 18 heavy (non-hydrogen) atoms. The SMILES string of the molecule is COCCCCn1c(=S)[nH]c2c(C#N)cccc21. The number of para-hydroxylation sites is 1. The van der Waals surface area contributed by atoms with Gasteiger partial charge in [-0.3, -0.25) is 0 Å². The van der Waals surface area contributed by atoms with Crippen molar-refractivity contribution in [3.05, 3.63) is 28.5 Å². The van der Waals surface area contributed by atoms with Gasteiger partial charge in [-0.05, 0) is 37.2 Å². The molecule has 1 aromatic carbocycles. The van der Waals surface area contributed by atoms with Crippen LogP contribution in [0, 0.1) is 16.1 Å². The van der Waals surface area contributed by atoms with Crippen molar-refractivity contribution in [3.63, 3.8) is 0 Å². The van der Waals surface area contributed by atoms with Crippen LogP contribution < -0.4 is 0 Å². The third kappa shape index (κ3) is 2.45. The van der Waals surface area contributed by atoms with Crippen LogP contribution in [0.2, 0.25) is 0 Å². The topological polar surface area (TPSA) is 53.7 Å². The van der Waals surface area contributed by atoms with Crippen LogP contribution in [0.3, 0.4) is 0 Å². The minimum Gasteiger partial charge on any atom is -0.385 e. The second-order valence-electron chi connectivity index (χ2n) is 4.09. The van der Waals surface area contributed by atoms with Gasteiger partial charge in [0, 0.05) is 20.3 Å². The molecule has 1 N–H and O–H groups in total. The van der Waals surface area contributed by atoms with E-state index >= 15 is 0 Å². The number of imidazole rings is 1. The molecule has 0 saturated carbocycles. The Morgan fingerprint density at radius 1 is 1.44 bits per heavy atom. The summed E-state index contributed by atoms with van der Waals surface area (Å²) in [5.74, 6) is 0. The normalized spacial score (nSPS) is 10.7. The summed E-state index contributed by atoms with van der Waals surface area (Å²) in [6.07, 6.45) is 2.01. The quantitative estimate of drug-likeness (QED) is 0.665. The molecule has 0 unspecified atom stereocenters. The Kier molecular flexibility index (Phi) is 4.13. The van der Waals surface area contributed by atoms with Crippen LogP contribution >= 0.6 is 12.2 Å². The molecular weight excluding hydrogens is 246 g/mol. The number of aryl methyl sites for hydroxylation is 1. The summed E-state index contributed by atoms with van der Waals surface area (Å²) in [5.41, 5.74) is 2.46. The molecule has 0 aliphatic carbocycles. The van der Waals surface area contributed by atoms with E-state index < -0.39 is 0 Å². The first-order valence-electron chi connectivity index (χ1n) is 5.88. The molecule has 0 amide bonds. The highest BCUT2D eigenvalue weighted by molar-refractivity contribution is 7.71. The molecule has 0 saturated heterocycles. The van der Waals surface area contributed by atoms with Crippen LogP contribution in [0.15, 0.2) is 18.2 Å². The maximum Gasteiger partial charge on any atom is 0.178 e. The zero-order valence-corrected chi connectivity index (χ0v) is 11.1. The number of hydrogen-bond donors (Lipinski definition) is 1. The lowest BCUT2D eigenvalue weighted by Crippen LogP contribution is -1.99. The molecule has 0 spiro atoms. The molecule has 2 rings (SSSR count). The van der Waals surface area contributed by atoms with E-state index in [1.54, 1.807) is 13.2 Å². The van der Waals surface area contributed by atoms with Crippen molar-refractivity contribution in [2.24, 2.45) is 0 Å². The summed E-state index contributed by atoms with van der Waals surface area (Å²) in [6, 6.07) is 7.84. The Morgan fingerprint density at radius 2 is 2.28 bits per heavy atom. The molecule has 0 radical (unpaired) electrons. The van der Waals surface area contributed by atoms with Crippen LogP contribution in [-0.2, 0) is 11.3 Å². The van der Waals surface area contributed by atoms with Crippen molar-refractivity contribution in [1.82, 2.24) is 9.55 Å². The molecule has 1 heterocycles. The number of nitrogens with one attached hydrogen (secondary N) is 1. The number of hydrogen-bond acceptors (Lipinski definition) is 3. The first-order valence-corrected chi connectivity index (χ1v) is 6.29. The third-order valence-corrected chi connectivity index (χ3v) is 3.23. The zero-order valence-electron chi connectivity index (χ0n) is 10.3. The van der Waals surface area contributed by atoms with E-state index in [0.29, 0.717) is 10.3 Å². The number of nitrogens with zero attached hydrogens (tertiary/aromatic N) is 2. The van der Waals surface area contributed by atoms with Crippen molar-refractivity contribution in [2.75, 3.05) is 13.7 Å². The van der Waals surface area contributed by atoms with Gasteiger partial charge in [-0.1, -0.05) is 6.07 Å². The van der Waals surface area contributed by atoms with Gasteiger partial charge >= 0.3 is 0 Å². The van der Waals surface area contributed by atoms with Crippen LogP contribution in [-0.4, -0.2) is 23.3 Å². The third-order valence-electron chi connectivity index (χ3n) is 2.91. The maximum atomic E-state index is 9.05. The van der Waals surface area contributed by atoms with Crippen LogP contribution in [0.1, 0.15) is 18.4 Å². The van der Waals surface area contributed by atoms with Crippen molar-refractivity contribution in [3.8, 4) is 6.07 Å². The van der Waals surface area contributed by atoms with Crippen molar-refractivity contribution in [2.45, 2.75) is 19.4 Å². The first-order chi connectivity index (χ1) is 8.77. The standard InChI is InChI=1S/C13H15N3OS/c1-17-8-3-2-7-16-11-6-4-5-10(9-14)12(11)15-13(16)18/h4-6H,2-3,7-8H2,1H3,(H,15,18). The van der Waals surface area contributed by atoms with Gasteiger partial charge in [-0.2, -0.15) is 5.26 Å². The molecule has 0 bridgehead atoms. The average Bonchev–Trinajstić information content (AvgIpc) is 2.70. The smallest absolute Gasteiger partial charge is 0.178 e. The minimum absolute atomic E-state index is 0.634. The molecule has 94 valence electrons. The van der Waals surface area contributed by atoms with Gasteiger partial charge in [0.25, 0.3) is 0 Å². The number of aromatic amines is 1. The van der Waals surface area contributed by atoms with Crippen molar-refractivity contribution >= 4 is 23.3 Å². The Morgan fingerprint density at radius 3 is 3.00 bits per heavy atom. The van der Waals surface area contributed by atoms with Crippen LogP contribution in [0.5, 0.6) is 0 Å². The molecule has 0 fully saturated rings. The summed E-state index contributed by atoms with van der Waals surface area (Å²) in [4.78, 5) is 3.11. The van der Waals surface area contributed by atoms with Crippen LogP contribution in [0.4, 0.5) is 0 Å². The average molecular weight is 261 g/mol. The van der Waals surface area contributed by atoms with E-state index in [4.69, 9.17) is 22.2 Å². The van der Waals surface area contributed by atoms with E-state index in [1.165, 1.54) is 0 Å². The van der Waals surface area contributed by atoms with E-state index in [9.17, 15) is 0 Å². The van der Waals surface area contributed by atoms with Gasteiger partial charge in [0.1, 0.15) is 6.07 Å². The predicted octanol–water partition coefficient (Wildman–Crippen LogP) is 3.00. The lowest BCUT2D eigenvalue weighted by molar-refractivity contribution is 0.191. The molecule has 1 aromatic heterocycles. The number of methoxy groups -OCH3 is 1. The van der Waals surface area contributed by atoms with Crippen molar-refractivity contribution < 1.29 is 4.74 Å². The second-order valence-corrected chi connectivity index (χ2v) is 4.48. The lowest BCUT2D eigenvalue weighted by Gasteiger charge is -2.04. The molecule has 0 atom stereocenters. The Hall–Kier alpha value is -1.64. The minimum atomic E-state index is 0.634. The van der Waals surface area contributed by atoms with Gasteiger partial charge in [0.15, 0.2) is 4.77 Å². The number of rotatable bonds is 5. The fourth-order valence-electron chi connectivity index (χ4n) is 2.01. The predicted molar refractivity (Wildman–Crippen MR) is 72.9 cm³/mol. The summed E-state index contributed by atoms with van der Waals surface area (Å²) in [6.45, 7) is 1.61. The number of fused-ring (bicyclic) bond motifs is 1. The largest absolute Gasteiger partial charge is 0.385 e. The number of H-pyrrole nitrogens is 1. The first kappa shape index (κ1) is 12.8. The molecular formula is C13H15N3OS. The van der Waals surface area contributed by atoms with E-state index in [0.717, 1.165) is 37.0 Å². The molecule has 2 aromatic rings. The van der Waals surface area contributed by atoms with Gasteiger partial charge in [0.05, 0.1) is 16.6 Å². The highest BCUT2D eigenvalue weighted by atomic mass is 32.1. The number of nitriles is 1. The van der Waals surface area contributed by atoms with E-state index in [1.807, 2.05) is 16.7 Å². The summed E-state index contributed by atoms with van der Waals surface area (Å²) in [7, 11) is 1.70. The summed E-state index contributed by atoms with van der Waals surface area (Å²) in [5, 5.41) is 9.05. The number of unbranched alkanes of at least 4 members (excludes halogenated alkanes) is 1. The maximum absolute atomic E-state index is 9.05. The molecule has 4 nitrogen and oxygen atoms in total. The number of benzene rings is 1.